The van der Waals surface area contributed by atoms with Crippen molar-refractivity contribution < 1.29 is 19.1 Å². The first kappa shape index (κ1) is 20.5. The number of hydrogen-bond donors (Lipinski definition) is 1. The van der Waals surface area contributed by atoms with Crippen molar-refractivity contribution in [3.8, 4) is 0 Å². The van der Waals surface area contributed by atoms with Crippen molar-refractivity contribution in [2.75, 3.05) is 26.2 Å². The van der Waals surface area contributed by atoms with Crippen LogP contribution in [0.2, 0.25) is 0 Å². The van der Waals surface area contributed by atoms with Gasteiger partial charge in [-0.1, -0.05) is 30.3 Å². The Balaban J connectivity index is 0.00000243. The molecule has 2 saturated heterocycles. The predicted molar refractivity (Wildman–Crippen MR) is 100 cm³/mol. The molecule has 144 valence electrons. The summed E-state index contributed by atoms with van der Waals surface area (Å²) in [6.07, 6.45) is 2.15. The minimum atomic E-state index is -0.540. The number of likely N-dealkylation sites (tertiary alicyclic amines) is 1. The molecule has 0 bridgehead atoms. The lowest BCUT2D eigenvalue weighted by atomic mass is 9.77. The second-order valence-electron chi connectivity index (χ2n) is 6.89. The van der Waals surface area contributed by atoms with E-state index in [4.69, 9.17) is 9.47 Å². The first-order valence-electron chi connectivity index (χ1n) is 8.98. The van der Waals surface area contributed by atoms with E-state index in [9.17, 15) is 9.59 Å². The number of piperidine rings is 1. The third-order valence-corrected chi connectivity index (χ3v) is 5.17. The molecule has 2 aliphatic rings. The largest absolute Gasteiger partial charge is 0.464 e. The quantitative estimate of drug-likeness (QED) is 0.811. The molecule has 6 nitrogen and oxygen atoms in total. The van der Waals surface area contributed by atoms with Crippen molar-refractivity contribution in [2.24, 2.45) is 5.41 Å². The fourth-order valence-corrected chi connectivity index (χ4v) is 3.82. The average molecular weight is 383 g/mol. The molecule has 1 amide bonds. The summed E-state index contributed by atoms with van der Waals surface area (Å²) in [6.45, 7) is 4.71. The minimum absolute atomic E-state index is 0. The second kappa shape index (κ2) is 9.24. The van der Waals surface area contributed by atoms with Crippen molar-refractivity contribution in [3.63, 3.8) is 0 Å². The van der Waals surface area contributed by atoms with Crippen LogP contribution in [-0.4, -0.2) is 49.2 Å². The van der Waals surface area contributed by atoms with Crippen LogP contribution < -0.4 is 5.32 Å². The third kappa shape index (κ3) is 4.68. The highest BCUT2D eigenvalue weighted by atomic mass is 35.5. The fraction of sp³-hybridized carbons (Fsp3) is 0.579. The van der Waals surface area contributed by atoms with Crippen LogP contribution in [-0.2, 0) is 20.9 Å². The molecule has 1 aromatic rings. The molecule has 7 heteroatoms. The van der Waals surface area contributed by atoms with Crippen molar-refractivity contribution in [3.05, 3.63) is 35.9 Å². The van der Waals surface area contributed by atoms with Gasteiger partial charge < -0.3 is 14.8 Å². The van der Waals surface area contributed by atoms with Crippen LogP contribution in [0.15, 0.2) is 30.3 Å². The Bertz CT molecular complexity index is 605. The van der Waals surface area contributed by atoms with Crippen molar-refractivity contribution in [2.45, 2.75) is 38.8 Å². The molecule has 0 radical (unpaired) electrons. The van der Waals surface area contributed by atoms with E-state index in [0.717, 1.165) is 31.5 Å². The van der Waals surface area contributed by atoms with Gasteiger partial charge in [0.25, 0.3) is 0 Å². The molecular weight excluding hydrogens is 356 g/mol. The van der Waals surface area contributed by atoms with Gasteiger partial charge in [-0.25, -0.2) is 9.59 Å². The van der Waals surface area contributed by atoms with E-state index >= 15 is 0 Å². The van der Waals surface area contributed by atoms with Gasteiger partial charge in [0.05, 0.1) is 6.61 Å². The Labute approximate surface area is 160 Å². The van der Waals surface area contributed by atoms with Gasteiger partial charge in [0.2, 0.25) is 0 Å². The highest BCUT2D eigenvalue weighted by Gasteiger charge is 2.50. The smallest absolute Gasteiger partial charge is 0.410 e. The zero-order valence-electron chi connectivity index (χ0n) is 15.1. The number of nitrogens with zero attached hydrogens (tertiary/aromatic N) is 1. The standard InChI is InChI=1S/C19H26N2O4.ClH/c1-2-24-17(22)16-12-19(8-10-20-11-9-19)14-21(16)18(23)25-13-15-6-4-3-5-7-15;/h3-7,16,20H,2,8-14H2,1H3;1H. The normalized spacial score (nSPS) is 21.1. The molecule has 1 unspecified atom stereocenters. The molecule has 2 heterocycles. The van der Waals surface area contributed by atoms with Gasteiger partial charge in [0.15, 0.2) is 0 Å². The number of ether oxygens (including phenoxy) is 2. The first-order chi connectivity index (χ1) is 12.1. The van der Waals surface area contributed by atoms with Gasteiger partial charge in [-0.05, 0) is 50.3 Å². The zero-order chi connectivity index (χ0) is 17.7. The van der Waals surface area contributed by atoms with Crippen LogP contribution in [0.25, 0.3) is 0 Å². The predicted octanol–water partition coefficient (Wildman–Crippen LogP) is 2.75. The Hall–Kier alpha value is -1.79. The van der Waals surface area contributed by atoms with Crippen LogP contribution in [0.4, 0.5) is 4.79 Å². The molecular formula is C19H27ClN2O4. The Morgan fingerprint density at radius 2 is 1.88 bits per heavy atom. The summed E-state index contributed by atoms with van der Waals surface area (Å²) in [5.41, 5.74) is 0.924. The van der Waals surface area contributed by atoms with Crippen molar-refractivity contribution in [1.82, 2.24) is 10.2 Å². The fourth-order valence-electron chi connectivity index (χ4n) is 3.82. The number of hydrogen-bond acceptors (Lipinski definition) is 5. The number of rotatable bonds is 4. The molecule has 1 spiro atoms. The summed E-state index contributed by atoms with van der Waals surface area (Å²) in [5.74, 6) is -0.324. The number of benzene rings is 1. The van der Waals surface area contributed by atoms with Crippen molar-refractivity contribution >= 4 is 24.5 Å². The minimum Gasteiger partial charge on any atom is -0.464 e. The van der Waals surface area contributed by atoms with E-state index < -0.39 is 12.1 Å². The lowest BCUT2D eigenvalue weighted by Gasteiger charge is -2.33. The molecule has 2 fully saturated rings. The number of amides is 1. The Morgan fingerprint density at radius 3 is 2.54 bits per heavy atom. The molecule has 2 aliphatic heterocycles. The number of carbonyl (C=O) groups excluding carboxylic acids is 2. The van der Waals surface area contributed by atoms with E-state index in [0.29, 0.717) is 19.6 Å². The summed E-state index contributed by atoms with van der Waals surface area (Å²) in [7, 11) is 0. The van der Waals surface area contributed by atoms with Crippen LogP contribution in [0.1, 0.15) is 31.7 Å². The highest BCUT2D eigenvalue weighted by Crippen LogP contribution is 2.42. The van der Waals surface area contributed by atoms with Gasteiger partial charge in [-0.2, -0.15) is 0 Å². The Morgan fingerprint density at radius 1 is 1.19 bits per heavy atom. The molecule has 1 N–H and O–H groups in total. The van der Waals surface area contributed by atoms with Crippen molar-refractivity contribution in [1.29, 1.82) is 0 Å². The summed E-state index contributed by atoms with van der Waals surface area (Å²) >= 11 is 0. The molecule has 26 heavy (non-hydrogen) atoms. The topological polar surface area (TPSA) is 67.9 Å². The van der Waals surface area contributed by atoms with Gasteiger partial charge in [0.1, 0.15) is 12.6 Å². The third-order valence-electron chi connectivity index (χ3n) is 5.17. The summed E-state index contributed by atoms with van der Waals surface area (Å²) in [5, 5.41) is 3.34. The first-order valence-corrected chi connectivity index (χ1v) is 8.98. The Kier molecular flexibility index (Phi) is 7.29. The lowest BCUT2D eigenvalue weighted by molar-refractivity contribution is -0.148. The SMILES string of the molecule is CCOC(=O)C1CC2(CCNCC2)CN1C(=O)OCc1ccccc1.Cl. The van der Waals surface area contributed by atoms with Crippen LogP contribution in [0, 0.1) is 5.41 Å². The maximum Gasteiger partial charge on any atom is 0.410 e. The molecule has 1 aromatic carbocycles. The number of nitrogens with one attached hydrogen (secondary N) is 1. The van der Waals surface area contributed by atoms with E-state index in [2.05, 4.69) is 5.32 Å². The average Bonchev–Trinajstić information content (AvgIpc) is 3.00. The zero-order valence-corrected chi connectivity index (χ0v) is 15.9. The molecule has 1 atom stereocenters. The summed E-state index contributed by atoms with van der Waals surface area (Å²) in [4.78, 5) is 26.6. The van der Waals surface area contributed by atoms with Crippen LogP contribution >= 0.6 is 12.4 Å². The van der Waals surface area contributed by atoms with Gasteiger partial charge in [0, 0.05) is 6.54 Å². The van der Waals surface area contributed by atoms with Gasteiger partial charge >= 0.3 is 12.1 Å². The van der Waals surface area contributed by atoms with E-state index in [1.807, 2.05) is 30.3 Å². The molecule has 3 rings (SSSR count). The van der Waals surface area contributed by atoms with E-state index in [1.165, 1.54) is 0 Å². The maximum atomic E-state index is 12.6. The molecule has 0 aromatic heterocycles. The number of halogens is 1. The number of esters is 1. The maximum absolute atomic E-state index is 12.6. The monoisotopic (exact) mass is 382 g/mol. The lowest BCUT2D eigenvalue weighted by Crippen LogP contribution is -2.42. The number of carbonyl (C=O) groups is 2. The van der Waals surface area contributed by atoms with Gasteiger partial charge in [-0.3, -0.25) is 4.90 Å². The van der Waals surface area contributed by atoms with Crippen LogP contribution in [0.3, 0.4) is 0 Å². The van der Waals surface area contributed by atoms with E-state index in [1.54, 1.807) is 11.8 Å². The molecule has 0 aliphatic carbocycles. The van der Waals surface area contributed by atoms with Crippen LogP contribution in [0.5, 0.6) is 0 Å². The van der Waals surface area contributed by atoms with E-state index in [-0.39, 0.29) is 30.4 Å². The second-order valence-corrected chi connectivity index (χ2v) is 6.89. The summed E-state index contributed by atoms with van der Waals surface area (Å²) in [6, 6.07) is 9.02. The van der Waals surface area contributed by atoms with Gasteiger partial charge in [-0.15, -0.1) is 12.4 Å². The summed E-state index contributed by atoms with van der Waals surface area (Å²) < 4.78 is 10.7. The highest BCUT2D eigenvalue weighted by molar-refractivity contribution is 5.85. The molecule has 0 saturated carbocycles.